The number of nitrogens with one attached hydrogen (secondary N) is 1. The number of hydrogen-bond acceptors (Lipinski definition) is 3. The second-order valence-corrected chi connectivity index (χ2v) is 9.07. The topological polar surface area (TPSA) is 41.6 Å². The summed E-state index contributed by atoms with van der Waals surface area (Å²) in [6, 6.07) is 26.6. The SMILES string of the molecule is COc1ccc([C@@H](C)NC(=O)c2ccc(CN3CCC(Cc4ccccc4)CC3)cc2)cc1. The number of likely N-dealkylation sites (tertiary alicyclic amines) is 1. The van der Waals surface area contributed by atoms with Crippen molar-refractivity contribution in [1.29, 1.82) is 0 Å². The van der Waals surface area contributed by atoms with Gasteiger partial charge >= 0.3 is 0 Å². The molecule has 4 nitrogen and oxygen atoms in total. The van der Waals surface area contributed by atoms with Gasteiger partial charge in [-0.15, -0.1) is 0 Å². The maximum absolute atomic E-state index is 12.7. The van der Waals surface area contributed by atoms with Gasteiger partial charge < -0.3 is 10.1 Å². The third-order valence-corrected chi connectivity index (χ3v) is 6.66. The molecule has 3 aromatic carbocycles. The normalized spacial score (nSPS) is 15.7. The van der Waals surface area contributed by atoms with Crippen LogP contribution in [0.25, 0.3) is 0 Å². The van der Waals surface area contributed by atoms with Gasteiger partial charge in [0.2, 0.25) is 0 Å². The molecule has 4 rings (SSSR count). The number of nitrogens with zero attached hydrogens (tertiary/aromatic N) is 1. The highest BCUT2D eigenvalue weighted by molar-refractivity contribution is 5.94. The average molecular weight is 443 g/mol. The lowest BCUT2D eigenvalue weighted by Gasteiger charge is -2.32. The van der Waals surface area contributed by atoms with Crippen LogP contribution in [0.1, 0.15) is 52.9 Å². The van der Waals surface area contributed by atoms with Crippen molar-refractivity contribution in [2.24, 2.45) is 5.92 Å². The molecule has 4 heteroatoms. The Kier molecular flexibility index (Phi) is 7.79. The Hall–Kier alpha value is -3.11. The summed E-state index contributed by atoms with van der Waals surface area (Å²) in [6.07, 6.45) is 3.69. The molecular weight excluding hydrogens is 408 g/mol. The maximum Gasteiger partial charge on any atom is 0.251 e. The van der Waals surface area contributed by atoms with Crippen LogP contribution < -0.4 is 10.1 Å². The Bertz CT molecular complexity index is 1010. The van der Waals surface area contributed by atoms with Crippen LogP contribution in [0.4, 0.5) is 0 Å². The Morgan fingerprint density at radius 2 is 1.61 bits per heavy atom. The van der Waals surface area contributed by atoms with Crippen molar-refractivity contribution >= 4 is 5.91 Å². The van der Waals surface area contributed by atoms with E-state index in [1.54, 1.807) is 7.11 Å². The molecule has 3 aromatic rings. The molecule has 0 aliphatic carbocycles. The molecule has 1 aliphatic heterocycles. The summed E-state index contributed by atoms with van der Waals surface area (Å²) in [5.41, 5.74) is 4.46. The summed E-state index contributed by atoms with van der Waals surface area (Å²) >= 11 is 0. The lowest BCUT2D eigenvalue weighted by Crippen LogP contribution is -2.33. The molecule has 0 unspecified atom stereocenters. The number of ether oxygens (including phenoxy) is 1. The van der Waals surface area contributed by atoms with E-state index in [1.165, 1.54) is 30.4 Å². The molecule has 0 saturated carbocycles. The van der Waals surface area contributed by atoms with E-state index in [9.17, 15) is 4.79 Å². The van der Waals surface area contributed by atoms with Gasteiger partial charge in [-0.05, 0) is 86.1 Å². The van der Waals surface area contributed by atoms with Gasteiger partial charge in [0, 0.05) is 12.1 Å². The standard InChI is InChI=1S/C29H34N2O2/c1-22(26-12-14-28(33-2)15-13-26)30-29(32)27-10-8-25(9-11-27)21-31-18-16-24(17-19-31)20-23-6-4-3-5-7-23/h3-15,22,24H,16-21H2,1-2H3,(H,30,32)/t22-/m1/s1. The molecule has 0 aromatic heterocycles. The average Bonchev–Trinajstić information content (AvgIpc) is 2.86. The molecule has 0 spiro atoms. The summed E-state index contributed by atoms with van der Waals surface area (Å²) in [5.74, 6) is 1.54. The summed E-state index contributed by atoms with van der Waals surface area (Å²) < 4.78 is 5.20. The van der Waals surface area contributed by atoms with Crippen LogP contribution in [0, 0.1) is 5.92 Å². The van der Waals surface area contributed by atoms with E-state index >= 15 is 0 Å². The van der Waals surface area contributed by atoms with Crippen LogP contribution in [0.15, 0.2) is 78.9 Å². The Morgan fingerprint density at radius 1 is 0.939 bits per heavy atom. The number of piperidine rings is 1. The first-order valence-electron chi connectivity index (χ1n) is 11.9. The van der Waals surface area contributed by atoms with E-state index in [0.29, 0.717) is 5.56 Å². The number of hydrogen-bond donors (Lipinski definition) is 1. The van der Waals surface area contributed by atoms with Crippen molar-refractivity contribution < 1.29 is 9.53 Å². The molecule has 1 heterocycles. The fraction of sp³-hybridized carbons (Fsp3) is 0.345. The van der Waals surface area contributed by atoms with Crippen molar-refractivity contribution in [2.45, 2.75) is 38.8 Å². The fourth-order valence-corrected chi connectivity index (χ4v) is 4.57. The molecule has 1 saturated heterocycles. The molecule has 1 fully saturated rings. The monoisotopic (exact) mass is 442 g/mol. The summed E-state index contributed by atoms with van der Waals surface area (Å²) in [6.45, 7) is 5.22. The predicted molar refractivity (Wildman–Crippen MR) is 133 cm³/mol. The van der Waals surface area contributed by atoms with Gasteiger partial charge in [-0.1, -0.05) is 54.6 Å². The minimum absolute atomic E-state index is 0.0494. The van der Waals surface area contributed by atoms with Gasteiger partial charge in [0.25, 0.3) is 5.91 Å². The Labute approximate surface area is 197 Å². The first-order chi connectivity index (χ1) is 16.1. The van der Waals surface area contributed by atoms with Crippen LogP contribution in [0.2, 0.25) is 0 Å². The Morgan fingerprint density at radius 3 is 2.24 bits per heavy atom. The van der Waals surface area contributed by atoms with E-state index in [0.717, 1.165) is 36.9 Å². The third-order valence-electron chi connectivity index (χ3n) is 6.66. The van der Waals surface area contributed by atoms with E-state index in [2.05, 4.69) is 52.7 Å². The predicted octanol–water partition coefficient (Wildman–Crippen LogP) is 5.64. The molecule has 1 atom stereocenters. The Balaban J connectivity index is 1.24. The van der Waals surface area contributed by atoms with Crippen LogP contribution in [-0.4, -0.2) is 31.0 Å². The smallest absolute Gasteiger partial charge is 0.251 e. The van der Waals surface area contributed by atoms with Crippen LogP contribution >= 0.6 is 0 Å². The largest absolute Gasteiger partial charge is 0.497 e. The van der Waals surface area contributed by atoms with Crippen LogP contribution in [-0.2, 0) is 13.0 Å². The maximum atomic E-state index is 12.7. The van der Waals surface area contributed by atoms with Crippen molar-refractivity contribution in [1.82, 2.24) is 10.2 Å². The van der Waals surface area contributed by atoms with Gasteiger partial charge in [-0.3, -0.25) is 9.69 Å². The van der Waals surface area contributed by atoms with Gasteiger partial charge in [0.15, 0.2) is 0 Å². The quantitative estimate of drug-likeness (QED) is 0.491. The minimum atomic E-state index is -0.0692. The molecule has 1 N–H and O–H groups in total. The van der Waals surface area contributed by atoms with E-state index in [-0.39, 0.29) is 11.9 Å². The van der Waals surface area contributed by atoms with Gasteiger partial charge in [-0.25, -0.2) is 0 Å². The third kappa shape index (κ3) is 6.45. The lowest BCUT2D eigenvalue weighted by atomic mass is 9.90. The number of amides is 1. The zero-order valence-corrected chi connectivity index (χ0v) is 19.7. The molecular formula is C29H34N2O2. The van der Waals surface area contributed by atoms with Crippen molar-refractivity contribution in [3.05, 3.63) is 101 Å². The number of methoxy groups -OCH3 is 1. The molecule has 0 radical (unpaired) electrons. The molecule has 0 bridgehead atoms. The lowest BCUT2D eigenvalue weighted by molar-refractivity contribution is 0.0940. The zero-order valence-electron chi connectivity index (χ0n) is 19.7. The van der Waals surface area contributed by atoms with Crippen LogP contribution in [0.3, 0.4) is 0 Å². The molecule has 1 amide bonds. The number of benzene rings is 3. The van der Waals surface area contributed by atoms with Crippen molar-refractivity contribution in [2.75, 3.05) is 20.2 Å². The van der Waals surface area contributed by atoms with Gasteiger partial charge in [0.1, 0.15) is 5.75 Å². The van der Waals surface area contributed by atoms with Crippen molar-refractivity contribution in [3.63, 3.8) is 0 Å². The highest BCUT2D eigenvalue weighted by Crippen LogP contribution is 2.23. The number of rotatable bonds is 8. The zero-order chi connectivity index (χ0) is 23.0. The van der Waals surface area contributed by atoms with E-state index < -0.39 is 0 Å². The summed E-state index contributed by atoms with van der Waals surface area (Å²) in [7, 11) is 1.65. The van der Waals surface area contributed by atoms with Gasteiger partial charge in [0.05, 0.1) is 13.2 Å². The second-order valence-electron chi connectivity index (χ2n) is 9.07. The molecule has 172 valence electrons. The second kappa shape index (κ2) is 11.2. The number of carbonyl (C=O) groups is 1. The number of carbonyl (C=O) groups excluding carboxylic acids is 1. The summed E-state index contributed by atoms with van der Waals surface area (Å²) in [4.78, 5) is 15.2. The van der Waals surface area contributed by atoms with Gasteiger partial charge in [-0.2, -0.15) is 0 Å². The highest BCUT2D eigenvalue weighted by Gasteiger charge is 2.19. The highest BCUT2D eigenvalue weighted by atomic mass is 16.5. The molecule has 33 heavy (non-hydrogen) atoms. The summed E-state index contributed by atoms with van der Waals surface area (Å²) in [5, 5.41) is 3.09. The van der Waals surface area contributed by atoms with Crippen LogP contribution in [0.5, 0.6) is 5.75 Å². The van der Waals surface area contributed by atoms with E-state index in [4.69, 9.17) is 4.74 Å². The minimum Gasteiger partial charge on any atom is -0.497 e. The molecule has 1 aliphatic rings. The first kappa shape index (κ1) is 23.1. The fourth-order valence-electron chi connectivity index (χ4n) is 4.57. The van der Waals surface area contributed by atoms with E-state index in [1.807, 2.05) is 43.3 Å². The first-order valence-corrected chi connectivity index (χ1v) is 11.9. The van der Waals surface area contributed by atoms with Crippen molar-refractivity contribution in [3.8, 4) is 5.75 Å².